The number of benzene rings is 1. The van der Waals surface area contributed by atoms with Crippen LogP contribution in [-0.2, 0) is 10.0 Å². The van der Waals surface area contributed by atoms with Gasteiger partial charge in [0.25, 0.3) is 0 Å². The summed E-state index contributed by atoms with van der Waals surface area (Å²) in [6, 6.07) is 9.04. The van der Waals surface area contributed by atoms with Crippen LogP contribution >= 0.6 is 0 Å². The van der Waals surface area contributed by atoms with E-state index in [0.29, 0.717) is 34.7 Å². The number of piperidine rings is 1. The van der Waals surface area contributed by atoms with Gasteiger partial charge in [-0.1, -0.05) is 0 Å². The Morgan fingerprint density at radius 1 is 1.19 bits per heavy atom. The van der Waals surface area contributed by atoms with Crippen LogP contribution in [-0.4, -0.2) is 41.1 Å². The SMILES string of the molecule is Cc1n[nH]c(C)c1S(=O)(=O)N1[C@@H]2CC[C@H]1C[C@@H](Oc1ccc(C#N)cc1)C2. The predicted octanol–water partition coefficient (Wildman–Crippen LogP) is 2.66. The fourth-order valence-corrected chi connectivity index (χ4v) is 6.63. The number of hydrogen-bond acceptors (Lipinski definition) is 5. The molecule has 8 heteroatoms. The third-order valence-electron chi connectivity index (χ3n) is 5.51. The van der Waals surface area contributed by atoms with Crippen molar-refractivity contribution in [3.05, 3.63) is 41.2 Å². The van der Waals surface area contributed by atoms with E-state index in [0.717, 1.165) is 18.6 Å². The summed E-state index contributed by atoms with van der Waals surface area (Å²) < 4.78 is 34.3. The largest absolute Gasteiger partial charge is 0.490 e. The molecule has 27 heavy (non-hydrogen) atoms. The summed E-state index contributed by atoms with van der Waals surface area (Å²) >= 11 is 0. The molecule has 2 fully saturated rings. The zero-order valence-corrected chi connectivity index (χ0v) is 16.2. The molecule has 7 nitrogen and oxygen atoms in total. The van der Waals surface area contributed by atoms with Crippen molar-refractivity contribution in [3.63, 3.8) is 0 Å². The van der Waals surface area contributed by atoms with E-state index in [4.69, 9.17) is 10.00 Å². The van der Waals surface area contributed by atoms with Crippen LogP contribution in [0.15, 0.2) is 29.2 Å². The summed E-state index contributed by atoms with van der Waals surface area (Å²) in [5.41, 5.74) is 1.69. The molecule has 3 atom stereocenters. The lowest BCUT2D eigenvalue weighted by molar-refractivity contribution is 0.0956. The van der Waals surface area contributed by atoms with E-state index in [9.17, 15) is 8.42 Å². The number of hydrogen-bond donors (Lipinski definition) is 1. The Labute approximate surface area is 159 Å². The maximum atomic E-state index is 13.3. The Morgan fingerprint density at radius 3 is 2.33 bits per heavy atom. The molecule has 142 valence electrons. The first-order valence-corrected chi connectivity index (χ1v) is 10.6. The summed E-state index contributed by atoms with van der Waals surface area (Å²) in [4.78, 5) is 0.311. The molecule has 2 aliphatic heterocycles. The molecule has 2 aromatic rings. The van der Waals surface area contributed by atoms with E-state index < -0.39 is 10.0 Å². The Morgan fingerprint density at radius 2 is 1.81 bits per heavy atom. The van der Waals surface area contributed by atoms with E-state index in [1.165, 1.54) is 0 Å². The molecule has 1 N–H and O–H groups in total. The summed E-state index contributed by atoms with van der Waals surface area (Å²) in [7, 11) is -3.57. The molecule has 2 saturated heterocycles. The summed E-state index contributed by atoms with van der Waals surface area (Å²) in [6.45, 7) is 3.47. The molecule has 1 aromatic carbocycles. The Kier molecular flexibility index (Phi) is 4.44. The van der Waals surface area contributed by atoms with E-state index in [2.05, 4.69) is 16.3 Å². The standard InChI is InChI=1S/C19H22N4O3S/c1-12-19(13(2)22-21-12)27(24,25)23-15-5-6-16(23)10-18(9-15)26-17-7-3-14(11-20)4-8-17/h3-4,7-8,15-16,18H,5-6,9-10H2,1-2H3,(H,21,22)/t15-,16+,18+. The molecule has 0 amide bonds. The Bertz CT molecular complexity index is 957. The van der Waals surface area contributed by atoms with Crippen LogP contribution in [0.1, 0.15) is 42.6 Å². The molecule has 2 aliphatic rings. The molecule has 2 bridgehead atoms. The normalized spacial score (nSPS) is 25.3. The van der Waals surface area contributed by atoms with Gasteiger partial charge in [0.1, 0.15) is 16.7 Å². The van der Waals surface area contributed by atoms with Gasteiger partial charge in [-0.05, 0) is 51.0 Å². The van der Waals surface area contributed by atoms with Crippen LogP contribution < -0.4 is 4.74 Å². The fraction of sp³-hybridized carbons (Fsp3) is 0.474. The topological polar surface area (TPSA) is 99.1 Å². The van der Waals surface area contributed by atoms with Crippen LogP contribution in [0.5, 0.6) is 5.75 Å². The van der Waals surface area contributed by atoms with Gasteiger partial charge in [-0.3, -0.25) is 5.10 Å². The average Bonchev–Trinajstić information content (AvgIpc) is 3.13. The number of aromatic amines is 1. The van der Waals surface area contributed by atoms with E-state index in [-0.39, 0.29) is 18.2 Å². The van der Waals surface area contributed by atoms with Gasteiger partial charge in [0, 0.05) is 24.9 Å². The van der Waals surface area contributed by atoms with Crippen molar-refractivity contribution in [2.75, 3.05) is 0 Å². The molecular weight excluding hydrogens is 364 g/mol. The number of aromatic nitrogens is 2. The molecule has 3 heterocycles. The van der Waals surface area contributed by atoms with Crippen LogP contribution in [0.3, 0.4) is 0 Å². The van der Waals surface area contributed by atoms with Gasteiger partial charge in [-0.25, -0.2) is 8.42 Å². The van der Waals surface area contributed by atoms with Crippen molar-refractivity contribution in [1.82, 2.24) is 14.5 Å². The highest BCUT2D eigenvalue weighted by molar-refractivity contribution is 7.89. The first kappa shape index (κ1) is 18.0. The summed E-state index contributed by atoms with van der Waals surface area (Å²) in [5, 5.41) is 15.7. The molecule has 0 unspecified atom stereocenters. The zero-order valence-electron chi connectivity index (χ0n) is 15.3. The number of aryl methyl sites for hydroxylation is 2. The molecule has 0 aliphatic carbocycles. The lowest BCUT2D eigenvalue weighted by Crippen LogP contribution is -2.49. The van der Waals surface area contributed by atoms with Crippen molar-refractivity contribution in [1.29, 1.82) is 5.26 Å². The van der Waals surface area contributed by atoms with E-state index in [1.807, 2.05) is 0 Å². The zero-order chi connectivity index (χ0) is 19.2. The van der Waals surface area contributed by atoms with Gasteiger partial charge in [0.05, 0.1) is 23.0 Å². The smallest absolute Gasteiger partial charge is 0.247 e. The second-order valence-electron chi connectivity index (χ2n) is 7.33. The molecule has 0 spiro atoms. The second kappa shape index (κ2) is 6.66. The molecule has 0 radical (unpaired) electrons. The molecular formula is C19H22N4O3S. The van der Waals surface area contributed by atoms with Gasteiger partial charge in [0.15, 0.2) is 0 Å². The minimum absolute atomic E-state index is 0.0200. The van der Waals surface area contributed by atoms with Gasteiger partial charge in [0.2, 0.25) is 10.0 Å². The van der Waals surface area contributed by atoms with Gasteiger partial charge >= 0.3 is 0 Å². The second-order valence-corrected chi connectivity index (χ2v) is 9.11. The lowest BCUT2D eigenvalue weighted by atomic mass is 10.0. The first-order valence-electron chi connectivity index (χ1n) is 9.12. The van der Waals surface area contributed by atoms with Gasteiger partial charge < -0.3 is 4.74 Å². The fourth-order valence-electron chi connectivity index (χ4n) is 4.40. The Balaban J connectivity index is 1.53. The van der Waals surface area contributed by atoms with Crippen LogP contribution in [0.4, 0.5) is 0 Å². The minimum Gasteiger partial charge on any atom is -0.490 e. The monoisotopic (exact) mass is 386 g/mol. The number of nitrogens with one attached hydrogen (secondary N) is 1. The summed E-state index contributed by atoms with van der Waals surface area (Å²) in [5.74, 6) is 0.719. The third kappa shape index (κ3) is 3.11. The van der Waals surface area contributed by atoms with Crippen molar-refractivity contribution >= 4 is 10.0 Å². The van der Waals surface area contributed by atoms with Gasteiger partial charge in [-0.15, -0.1) is 0 Å². The highest BCUT2D eigenvalue weighted by atomic mass is 32.2. The quantitative estimate of drug-likeness (QED) is 0.871. The van der Waals surface area contributed by atoms with Crippen LogP contribution in [0.2, 0.25) is 0 Å². The maximum absolute atomic E-state index is 13.3. The van der Waals surface area contributed by atoms with E-state index >= 15 is 0 Å². The number of sulfonamides is 1. The average molecular weight is 386 g/mol. The number of nitriles is 1. The highest BCUT2D eigenvalue weighted by Gasteiger charge is 2.48. The Hall–Kier alpha value is -2.37. The van der Waals surface area contributed by atoms with Crippen LogP contribution in [0, 0.1) is 25.2 Å². The third-order valence-corrected chi connectivity index (χ3v) is 7.77. The molecule has 0 saturated carbocycles. The first-order chi connectivity index (χ1) is 12.9. The number of fused-ring (bicyclic) bond motifs is 2. The number of rotatable bonds is 4. The molecule has 4 rings (SSSR count). The van der Waals surface area contributed by atoms with Gasteiger partial charge in [-0.2, -0.15) is 14.7 Å². The van der Waals surface area contributed by atoms with Crippen molar-refractivity contribution < 1.29 is 13.2 Å². The maximum Gasteiger partial charge on any atom is 0.247 e. The van der Waals surface area contributed by atoms with Crippen molar-refractivity contribution in [3.8, 4) is 11.8 Å². The summed E-state index contributed by atoms with van der Waals surface area (Å²) in [6.07, 6.45) is 3.03. The van der Waals surface area contributed by atoms with E-state index in [1.54, 1.807) is 42.4 Å². The number of H-pyrrole nitrogens is 1. The lowest BCUT2D eigenvalue weighted by Gasteiger charge is -2.37. The highest BCUT2D eigenvalue weighted by Crippen LogP contribution is 2.41. The number of nitrogens with zero attached hydrogens (tertiary/aromatic N) is 3. The predicted molar refractivity (Wildman–Crippen MR) is 98.7 cm³/mol. The van der Waals surface area contributed by atoms with Crippen LogP contribution in [0.25, 0.3) is 0 Å². The van der Waals surface area contributed by atoms with Crippen molar-refractivity contribution in [2.45, 2.75) is 62.6 Å². The van der Waals surface area contributed by atoms with Crippen molar-refractivity contribution in [2.24, 2.45) is 0 Å². The molecule has 1 aromatic heterocycles. The minimum atomic E-state index is -3.57. The number of ether oxygens (including phenoxy) is 1.